The summed E-state index contributed by atoms with van der Waals surface area (Å²) in [6.07, 6.45) is 5.64. The molecule has 0 bridgehead atoms. The zero-order valence-electron chi connectivity index (χ0n) is 26.1. The van der Waals surface area contributed by atoms with Gasteiger partial charge >= 0.3 is 5.97 Å². The number of fused-ring (bicyclic) bond motifs is 2. The van der Waals surface area contributed by atoms with Crippen LogP contribution < -0.4 is 15.1 Å². The molecule has 3 aromatic carbocycles. The molecule has 0 unspecified atom stereocenters. The maximum absolute atomic E-state index is 13.8. The van der Waals surface area contributed by atoms with Crippen LogP contribution in [-0.4, -0.2) is 62.0 Å². The first-order valence-electron chi connectivity index (χ1n) is 16.2. The molecule has 3 aromatic rings. The molecule has 1 N–H and O–H groups in total. The lowest BCUT2D eigenvalue weighted by Gasteiger charge is -2.31. The lowest BCUT2D eigenvalue weighted by atomic mass is 9.93. The topological polar surface area (TPSA) is 82.2 Å². The van der Waals surface area contributed by atoms with Crippen molar-refractivity contribution < 1.29 is 19.1 Å². The van der Waals surface area contributed by atoms with E-state index in [-0.39, 0.29) is 24.5 Å². The van der Waals surface area contributed by atoms with Crippen LogP contribution in [0.1, 0.15) is 66.1 Å². The lowest BCUT2D eigenvalue weighted by molar-refractivity contribution is -0.119. The third kappa shape index (κ3) is 5.75. The number of carbonyl (C=O) groups is 3. The van der Waals surface area contributed by atoms with Crippen molar-refractivity contribution in [3.63, 3.8) is 0 Å². The van der Waals surface area contributed by atoms with Gasteiger partial charge in [-0.15, -0.1) is 0 Å². The normalized spacial score (nSPS) is 19.2. The number of likely N-dealkylation sites (tertiary alicyclic amines) is 1. The van der Waals surface area contributed by atoms with Crippen LogP contribution in [0.2, 0.25) is 0 Å². The van der Waals surface area contributed by atoms with Gasteiger partial charge in [-0.2, -0.15) is 0 Å². The van der Waals surface area contributed by atoms with E-state index in [1.54, 1.807) is 19.1 Å². The average molecular weight is 605 g/mol. The van der Waals surface area contributed by atoms with Crippen LogP contribution in [0.15, 0.2) is 66.7 Å². The number of rotatable bonds is 8. The van der Waals surface area contributed by atoms with Gasteiger partial charge < -0.3 is 24.8 Å². The number of benzene rings is 3. The minimum Gasteiger partial charge on any atom is -0.462 e. The van der Waals surface area contributed by atoms with Crippen molar-refractivity contribution in [3.05, 3.63) is 89.0 Å². The molecule has 1 aliphatic carbocycles. The Bertz CT molecular complexity index is 1670. The fourth-order valence-electron chi connectivity index (χ4n) is 7.02. The first kappa shape index (κ1) is 29.3. The lowest BCUT2D eigenvalue weighted by Crippen LogP contribution is -2.35. The highest BCUT2D eigenvalue weighted by molar-refractivity contribution is 6.38. The van der Waals surface area contributed by atoms with E-state index < -0.39 is 5.97 Å². The van der Waals surface area contributed by atoms with Gasteiger partial charge in [0.15, 0.2) is 0 Å². The molecule has 1 saturated heterocycles. The number of anilines is 3. The van der Waals surface area contributed by atoms with E-state index in [0.717, 1.165) is 73.4 Å². The molecule has 3 heterocycles. The molecule has 0 aromatic heterocycles. The van der Waals surface area contributed by atoms with Crippen molar-refractivity contribution >= 4 is 46.1 Å². The second kappa shape index (κ2) is 12.2. The summed E-state index contributed by atoms with van der Waals surface area (Å²) < 4.78 is 5.20. The van der Waals surface area contributed by atoms with Crippen LogP contribution >= 0.6 is 0 Å². The van der Waals surface area contributed by atoms with Gasteiger partial charge in [-0.05, 0) is 107 Å². The summed E-state index contributed by atoms with van der Waals surface area (Å²) in [5.41, 5.74) is 7.39. The molecule has 8 heteroatoms. The quantitative estimate of drug-likeness (QED) is 0.252. The van der Waals surface area contributed by atoms with E-state index in [9.17, 15) is 14.4 Å². The number of hydrogen-bond acceptors (Lipinski definition) is 6. The Balaban J connectivity index is 1.25. The fourth-order valence-corrected chi connectivity index (χ4v) is 7.02. The smallest absolute Gasteiger partial charge is 0.338 e. The summed E-state index contributed by atoms with van der Waals surface area (Å²) in [6, 6.07) is 22.0. The van der Waals surface area contributed by atoms with Gasteiger partial charge in [-0.3, -0.25) is 9.59 Å². The Morgan fingerprint density at radius 1 is 0.933 bits per heavy atom. The van der Waals surface area contributed by atoms with E-state index >= 15 is 0 Å². The summed E-state index contributed by atoms with van der Waals surface area (Å²) in [6.45, 7) is 4.88. The molecule has 1 saturated carbocycles. The van der Waals surface area contributed by atoms with E-state index in [2.05, 4.69) is 40.4 Å². The van der Waals surface area contributed by atoms with Gasteiger partial charge in [0.05, 0.1) is 29.1 Å². The molecule has 232 valence electrons. The van der Waals surface area contributed by atoms with Gasteiger partial charge in [-0.1, -0.05) is 36.4 Å². The Hall–Kier alpha value is -4.43. The number of carbonyl (C=O) groups excluding carboxylic acids is 3. The van der Waals surface area contributed by atoms with E-state index in [0.29, 0.717) is 35.7 Å². The molecule has 2 amide bonds. The maximum Gasteiger partial charge on any atom is 0.338 e. The van der Waals surface area contributed by atoms with Gasteiger partial charge in [0.1, 0.15) is 0 Å². The Morgan fingerprint density at radius 3 is 2.44 bits per heavy atom. The molecule has 0 atom stereocenters. The second-order valence-corrected chi connectivity index (χ2v) is 12.7. The van der Waals surface area contributed by atoms with Crippen LogP contribution in [0, 0.1) is 5.92 Å². The number of piperidine rings is 1. The van der Waals surface area contributed by atoms with E-state index in [1.807, 2.05) is 41.3 Å². The van der Waals surface area contributed by atoms with Crippen LogP contribution in [0.3, 0.4) is 0 Å². The Labute approximate surface area is 264 Å². The second-order valence-electron chi connectivity index (χ2n) is 12.7. The first-order chi connectivity index (χ1) is 21.9. The van der Waals surface area contributed by atoms with Crippen molar-refractivity contribution in [1.29, 1.82) is 0 Å². The highest BCUT2D eigenvalue weighted by Crippen LogP contribution is 2.46. The predicted octanol–water partition coefficient (Wildman–Crippen LogP) is 5.97. The Kier molecular flexibility index (Phi) is 7.92. The van der Waals surface area contributed by atoms with Crippen LogP contribution in [0.4, 0.5) is 17.1 Å². The zero-order chi connectivity index (χ0) is 31.1. The standard InChI is InChI=1S/C37H40N4O4/c1-3-45-37(44)27-9-13-30-31(23-27)38-36(43)34(30)35(25-7-5-4-6-8-25)41(28-10-11-28)29-12-14-32-26(22-29)17-20-40(32)33(42)21-24-15-18-39(2)19-16-24/h4-9,12-14,22-24,28H,3,10-11,15-21H2,1-2H3,(H,38,43)/b35-34-. The molecule has 7 rings (SSSR count). The van der Waals surface area contributed by atoms with Crippen LogP contribution in [0.5, 0.6) is 0 Å². The van der Waals surface area contributed by atoms with E-state index in [4.69, 9.17) is 4.74 Å². The van der Waals surface area contributed by atoms with Crippen molar-refractivity contribution in [1.82, 2.24) is 4.90 Å². The SMILES string of the molecule is CCOC(=O)c1ccc2c(c1)NC(=O)/C2=C(/c1ccccc1)N(c1ccc2c(c1)CCN2C(=O)CC1CCN(C)CC1)C1CC1. The summed E-state index contributed by atoms with van der Waals surface area (Å²) in [4.78, 5) is 46.3. The number of nitrogens with one attached hydrogen (secondary N) is 1. The molecule has 45 heavy (non-hydrogen) atoms. The third-order valence-corrected chi connectivity index (χ3v) is 9.55. The number of ether oxygens (including phenoxy) is 1. The molecule has 0 radical (unpaired) electrons. The highest BCUT2D eigenvalue weighted by Gasteiger charge is 2.38. The summed E-state index contributed by atoms with van der Waals surface area (Å²) in [5.74, 6) is 0.0779. The largest absolute Gasteiger partial charge is 0.462 e. The first-order valence-corrected chi connectivity index (χ1v) is 16.2. The zero-order valence-corrected chi connectivity index (χ0v) is 26.1. The number of amides is 2. The molecule has 3 aliphatic heterocycles. The number of hydrogen-bond donors (Lipinski definition) is 1. The van der Waals surface area contributed by atoms with Crippen molar-refractivity contribution in [2.75, 3.05) is 48.4 Å². The van der Waals surface area contributed by atoms with Crippen LogP contribution in [0.25, 0.3) is 11.3 Å². The van der Waals surface area contributed by atoms with Gasteiger partial charge in [0.25, 0.3) is 5.91 Å². The minimum absolute atomic E-state index is 0.192. The third-order valence-electron chi connectivity index (χ3n) is 9.55. The minimum atomic E-state index is -0.410. The fraction of sp³-hybridized carbons (Fsp3) is 0.378. The highest BCUT2D eigenvalue weighted by atomic mass is 16.5. The predicted molar refractivity (Wildman–Crippen MR) is 177 cm³/mol. The Morgan fingerprint density at radius 2 is 1.71 bits per heavy atom. The van der Waals surface area contributed by atoms with Crippen molar-refractivity contribution in [2.45, 2.75) is 51.5 Å². The molecule has 0 spiro atoms. The van der Waals surface area contributed by atoms with Crippen LogP contribution in [-0.2, 0) is 20.7 Å². The summed E-state index contributed by atoms with van der Waals surface area (Å²) >= 11 is 0. The maximum atomic E-state index is 13.8. The molecule has 8 nitrogen and oxygen atoms in total. The summed E-state index contributed by atoms with van der Waals surface area (Å²) in [5, 5.41) is 3.02. The summed E-state index contributed by atoms with van der Waals surface area (Å²) in [7, 11) is 2.15. The number of esters is 1. The van der Waals surface area contributed by atoms with Crippen molar-refractivity contribution in [2.24, 2.45) is 5.92 Å². The van der Waals surface area contributed by atoms with Gasteiger partial charge in [0.2, 0.25) is 5.91 Å². The molecular weight excluding hydrogens is 564 g/mol. The molecule has 2 fully saturated rings. The van der Waals surface area contributed by atoms with Crippen molar-refractivity contribution in [3.8, 4) is 0 Å². The van der Waals surface area contributed by atoms with Gasteiger partial charge in [0, 0.05) is 35.9 Å². The molecule has 4 aliphatic rings. The average Bonchev–Trinajstić information content (AvgIpc) is 3.71. The monoisotopic (exact) mass is 604 g/mol. The number of nitrogens with zero attached hydrogens (tertiary/aromatic N) is 3. The van der Waals surface area contributed by atoms with E-state index in [1.165, 1.54) is 5.56 Å². The van der Waals surface area contributed by atoms with Gasteiger partial charge in [-0.25, -0.2) is 4.79 Å². The molecular formula is C37H40N4O4.